The Hall–Kier alpha value is 0.620. The third kappa shape index (κ3) is 3.20. The number of ether oxygens (including phenoxy) is 1. The molecule has 0 aromatic carbocycles. The lowest BCUT2D eigenvalue weighted by molar-refractivity contribution is -0.125. The van der Waals surface area contributed by atoms with Crippen LogP contribution in [0.5, 0.6) is 0 Å². The summed E-state index contributed by atoms with van der Waals surface area (Å²) in [5.74, 6) is 3.99. The molecule has 4 heteroatoms. The molecule has 0 aromatic heterocycles. The highest BCUT2D eigenvalue weighted by Gasteiger charge is 2.50. The van der Waals surface area contributed by atoms with E-state index in [9.17, 15) is 0 Å². The zero-order valence-corrected chi connectivity index (χ0v) is 13.5. The van der Waals surface area contributed by atoms with Gasteiger partial charge in [0, 0.05) is 47.1 Å². The summed E-state index contributed by atoms with van der Waals surface area (Å²) in [6, 6.07) is 0.659. The number of nitrogens with one attached hydrogen (secondary N) is 1. The van der Waals surface area contributed by atoms with Crippen LogP contribution >= 0.6 is 23.5 Å². The Morgan fingerprint density at radius 2 is 2.17 bits per heavy atom. The van der Waals surface area contributed by atoms with Crippen molar-refractivity contribution < 1.29 is 4.74 Å². The van der Waals surface area contributed by atoms with Gasteiger partial charge in [-0.15, -0.1) is 0 Å². The van der Waals surface area contributed by atoms with Crippen LogP contribution in [0.1, 0.15) is 33.6 Å². The fourth-order valence-electron chi connectivity index (χ4n) is 2.99. The highest BCUT2D eigenvalue weighted by molar-refractivity contribution is 8.06. The second-order valence-corrected chi connectivity index (χ2v) is 8.13. The second-order valence-electron chi connectivity index (χ2n) is 5.57. The van der Waals surface area contributed by atoms with Gasteiger partial charge in [0.15, 0.2) is 0 Å². The summed E-state index contributed by atoms with van der Waals surface area (Å²) in [5, 5.41) is 4.62. The molecule has 2 rings (SSSR count). The maximum Gasteiger partial charge on any atom is 0.0658 e. The topological polar surface area (TPSA) is 21.3 Å². The van der Waals surface area contributed by atoms with E-state index < -0.39 is 0 Å². The van der Waals surface area contributed by atoms with Crippen molar-refractivity contribution in [3.8, 4) is 0 Å². The minimum absolute atomic E-state index is 0.350. The first-order valence-corrected chi connectivity index (χ1v) is 9.45. The van der Waals surface area contributed by atoms with Crippen LogP contribution in [0.15, 0.2) is 0 Å². The van der Waals surface area contributed by atoms with Gasteiger partial charge in [0.25, 0.3) is 0 Å². The predicted molar refractivity (Wildman–Crippen MR) is 83.8 cm³/mol. The van der Waals surface area contributed by atoms with Crippen molar-refractivity contribution in [1.82, 2.24) is 5.32 Å². The minimum Gasteiger partial charge on any atom is -0.378 e. The van der Waals surface area contributed by atoms with E-state index in [0.29, 0.717) is 17.6 Å². The van der Waals surface area contributed by atoms with Crippen LogP contribution in [0.4, 0.5) is 0 Å². The summed E-state index contributed by atoms with van der Waals surface area (Å²) >= 11 is 4.25. The third-order valence-electron chi connectivity index (χ3n) is 4.59. The van der Waals surface area contributed by atoms with Gasteiger partial charge >= 0.3 is 0 Å². The lowest BCUT2D eigenvalue weighted by Crippen LogP contribution is -2.63. The monoisotopic (exact) mass is 289 g/mol. The zero-order chi connectivity index (χ0) is 13.0. The molecule has 0 radical (unpaired) electrons. The van der Waals surface area contributed by atoms with Crippen molar-refractivity contribution in [2.24, 2.45) is 5.41 Å². The van der Waals surface area contributed by atoms with Crippen molar-refractivity contribution in [2.75, 3.05) is 30.4 Å². The maximum atomic E-state index is 5.86. The summed E-state index contributed by atoms with van der Waals surface area (Å²) in [4.78, 5) is 0. The number of rotatable bonds is 6. The summed E-state index contributed by atoms with van der Waals surface area (Å²) < 4.78 is 5.86. The smallest absolute Gasteiger partial charge is 0.0658 e. The van der Waals surface area contributed by atoms with E-state index in [2.05, 4.69) is 49.6 Å². The Morgan fingerprint density at radius 3 is 2.78 bits per heavy atom. The first-order chi connectivity index (χ1) is 8.70. The van der Waals surface area contributed by atoms with Crippen molar-refractivity contribution in [3.05, 3.63) is 0 Å². The third-order valence-corrected chi connectivity index (χ3v) is 7.43. The summed E-state index contributed by atoms with van der Waals surface area (Å²) in [6.45, 7) is 8.81. The van der Waals surface area contributed by atoms with Crippen LogP contribution in [0.2, 0.25) is 0 Å². The van der Waals surface area contributed by atoms with Gasteiger partial charge in [-0.3, -0.25) is 0 Å². The molecule has 2 fully saturated rings. The van der Waals surface area contributed by atoms with E-state index in [4.69, 9.17) is 4.74 Å². The van der Waals surface area contributed by atoms with Crippen LogP contribution < -0.4 is 5.32 Å². The van der Waals surface area contributed by atoms with Gasteiger partial charge in [-0.05, 0) is 19.8 Å². The van der Waals surface area contributed by atoms with Crippen LogP contribution in [0.3, 0.4) is 0 Å². The lowest BCUT2D eigenvalue weighted by Gasteiger charge is -2.54. The number of hydrogen-bond donors (Lipinski definition) is 1. The van der Waals surface area contributed by atoms with E-state index in [-0.39, 0.29) is 0 Å². The van der Waals surface area contributed by atoms with Crippen LogP contribution in [0, 0.1) is 5.41 Å². The van der Waals surface area contributed by atoms with Gasteiger partial charge in [-0.25, -0.2) is 0 Å². The van der Waals surface area contributed by atoms with Crippen LogP contribution in [0.25, 0.3) is 0 Å². The molecule has 2 aliphatic rings. The Morgan fingerprint density at radius 1 is 1.33 bits per heavy atom. The SMILES string of the molecule is CCOC1CC(NCC2CSCCS2)C1(C)CC. The highest BCUT2D eigenvalue weighted by Crippen LogP contribution is 2.46. The van der Waals surface area contributed by atoms with Crippen molar-refractivity contribution in [1.29, 1.82) is 0 Å². The fraction of sp³-hybridized carbons (Fsp3) is 1.00. The first kappa shape index (κ1) is 15.0. The average Bonchev–Trinajstić information content (AvgIpc) is 2.42. The Labute approximate surface area is 120 Å². The number of thioether (sulfide) groups is 2. The molecule has 0 aromatic rings. The van der Waals surface area contributed by atoms with Crippen molar-refractivity contribution >= 4 is 23.5 Å². The van der Waals surface area contributed by atoms with Gasteiger partial charge in [0.2, 0.25) is 0 Å². The lowest BCUT2D eigenvalue weighted by atomic mass is 9.61. The van der Waals surface area contributed by atoms with Gasteiger partial charge < -0.3 is 10.1 Å². The van der Waals surface area contributed by atoms with Gasteiger partial charge in [0.1, 0.15) is 0 Å². The molecule has 1 aliphatic heterocycles. The molecule has 0 amide bonds. The zero-order valence-electron chi connectivity index (χ0n) is 11.9. The first-order valence-electron chi connectivity index (χ1n) is 7.25. The Kier molecular flexibility index (Phi) is 5.73. The largest absolute Gasteiger partial charge is 0.378 e. The molecule has 4 atom stereocenters. The second kappa shape index (κ2) is 6.87. The molecule has 106 valence electrons. The highest BCUT2D eigenvalue weighted by atomic mass is 32.2. The summed E-state index contributed by atoms with van der Waals surface area (Å²) in [7, 11) is 0. The van der Waals surface area contributed by atoms with Crippen molar-refractivity contribution in [3.63, 3.8) is 0 Å². The van der Waals surface area contributed by atoms with Crippen molar-refractivity contribution in [2.45, 2.75) is 51.0 Å². The average molecular weight is 290 g/mol. The molecular weight excluding hydrogens is 262 g/mol. The standard InChI is InChI=1S/C14H27NOS2/c1-4-14(3)12(8-13(14)16-5-2)15-9-11-10-17-6-7-18-11/h11-13,15H,4-10H2,1-3H3. The molecule has 0 bridgehead atoms. The molecule has 1 saturated carbocycles. The van der Waals surface area contributed by atoms with Crippen LogP contribution in [-0.2, 0) is 4.74 Å². The molecule has 18 heavy (non-hydrogen) atoms. The van der Waals surface area contributed by atoms with Gasteiger partial charge in [0.05, 0.1) is 6.10 Å². The molecule has 4 unspecified atom stereocenters. The molecular formula is C14H27NOS2. The molecule has 0 spiro atoms. The van der Waals surface area contributed by atoms with E-state index >= 15 is 0 Å². The van der Waals surface area contributed by atoms with Gasteiger partial charge in [-0.1, -0.05) is 13.8 Å². The molecule has 1 aliphatic carbocycles. The normalized spacial score (nSPS) is 40.5. The Balaban J connectivity index is 1.76. The van der Waals surface area contributed by atoms with E-state index in [0.717, 1.165) is 11.9 Å². The van der Waals surface area contributed by atoms with E-state index in [1.807, 2.05) is 0 Å². The molecule has 1 N–H and O–H groups in total. The number of hydrogen-bond acceptors (Lipinski definition) is 4. The van der Waals surface area contributed by atoms with Crippen LogP contribution in [-0.4, -0.2) is 47.8 Å². The molecule has 1 heterocycles. The van der Waals surface area contributed by atoms with E-state index in [1.165, 1.54) is 36.6 Å². The summed E-state index contributed by atoms with van der Waals surface area (Å²) in [5.41, 5.74) is 0.350. The predicted octanol–water partition coefficient (Wildman–Crippen LogP) is 3.02. The van der Waals surface area contributed by atoms with Gasteiger partial charge in [-0.2, -0.15) is 23.5 Å². The quantitative estimate of drug-likeness (QED) is 0.811. The molecule has 2 nitrogen and oxygen atoms in total. The summed E-state index contributed by atoms with van der Waals surface area (Å²) in [6.07, 6.45) is 2.88. The minimum atomic E-state index is 0.350. The van der Waals surface area contributed by atoms with E-state index in [1.54, 1.807) is 0 Å². The maximum absolute atomic E-state index is 5.86. The molecule has 1 saturated heterocycles. The Bertz CT molecular complexity index is 258. The fourth-order valence-corrected chi connectivity index (χ4v) is 5.62.